The lowest BCUT2D eigenvalue weighted by atomic mass is 9.87. The number of anilines is 1. The molecule has 2 atom stereocenters. The first-order valence-corrected chi connectivity index (χ1v) is 7.47. The Morgan fingerprint density at radius 1 is 1.45 bits per heavy atom. The zero-order valence-electron chi connectivity index (χ0n) is 13.0. The molecule has 20 heavy (non-hydrogen) atoms. The first kappa shape index (κ1) is 15.0. The normalized spacial score (nSPS) is 23.2. The summed E-state index contributed by atoms with van der Waals surface area (Å²) in [5.74, 6) is 2.62. The second-order valence-electron chi connectivity index (χ2n) is 6.02. The number of rotatable bonds is 4. The molecule has 2 heterocycles. The Kier molecular flexibility index (Phi) is 4.81. The van der Waals surface area contributed by atoms with E-state index >= 15 is 0 Å². The van der Waals surface area contributed by atoms with Crippen molar-refractivity contribution in [2.75, 3.05) is 24.5 Å². The Hall–Kier alpha value is -1.36. The highest BCUT2D eigenvalue weighted by Gasteiger charge is 2.26. The largest absolute Gasteiger partial charge is 0.475 e. The molecule has 5 nitrogen and oxygen atoms in total. The van der Waals surface area contributed by atoms with Crippen LogP contribution in [0.15, 0.2) is 6.07 Å². The van der Waals surface area contributed by atoms with Crippen molar-refractivity contribution in [2.24, 2.45) is 17.6 Å². The molecular formula is C15H26N4O. The summed E-state index contributed by atoms with van der Waals surface area (Å²) in [6, 6.07) is 1.89. The summed E-state index contributed by atoms with van der Waals surface area (Å²) in [5, 5.41) is 0. The molecule has 1 fully saturated rings. The fourth-order valence-corrected chi connectivity index (χ4v) is 2.61. The highest BCUT2D eigenvalue weighted by Crippen LogP contribution is 2.26. The molecule has 0 spiro atoms. The third-order valence-electron chi connectivity index (χ3n) is 3.87. The van der Waals surface area contributed by atoms with Crippen LogP contribution >= 0.6 is 0 Å². The van der Waals surface area contributed by atoms with Crippen molar-refractivity contribution in [1.82, 2.24) is 9.97 Å². The van der Waals surface area contributed by atoms with E-state index in [1.165, 1.54) is 0 Å². The van der Waals surface area contributed by atoms with Gasteiger partial charge in [0.2, 0.25) is 11.8 Å². The maximum atomic E-state index is 5.87. The molecule has 2 N–H and O–H groups in total. The number of hydrogen-bond acceptors (Lipinski definition) is 5. The van der Waals surface area contributed by atoms with E-state index in [2.05, 4.69) is 21.8 Å². The molecule has 1 saturated heterocycles. The zero-order valence-corrected chi connectivity index (χ0v) is 13.0. The molecule has 2 rings (SSSR count). The molecule has 5 heteroatoms. The minimum absolute atomic E-state index is 0.121. The van der Waals surface area contributed by atoms with Crippen molar-refractivity contribution in [3.8, 4) is 5.88 Å². The predicted octanol–water partition coefficient (Wildman–Crippen LogP) is 1.99. The van der Waals surface area contributed by atoms with Crippen LogP contribution in [0.2, 0.25) is 0 Å². The molecule has 0 aliphatic carbocycles. The SMILES string of the molecule is Cc1cc(OC(C)C)nc(N2CCC(C)C(CN)C2)n1. The van der Waals surface area contributed by atoms with Crippen LogP contribution in [0.3, 0.4) is 0 Å². The second kappa shape index (κ2) is 6.39. The van der Waals surface area contributed by atoms with E-state index in [1.807, 2.05) is 26.8 Å². The number of aryl methyl sites for hydroxylation is 1. The Morgan fingerprint density at radius 3 is 2.85 bits per heavy atom. The van der Waals surface area contributed by atoms with Crippen LogP contribution in [0.1, 0.15) is 32.9 Å². The molecule has 112 valence electrons. The van der Waals surface area contributed by atoms with Gasteiger partial charge in [0.05, 0.1) is 6.10 Å². The Labute approximate surface area is 121 Å². The monoisotopic (exact) mass is 278 g/mol. The molecule has 0 amide bonds. The van der Waals surface area contributed by atoms with Crippen molar-refractivity contribution in [1.29, 1.82) is 0 Å². The number of nitrogens with zero attached hydrogens (tertiary/aromatic N) is 3. The maximum absolute atomic E-state index is 5.87. The van der Waals surface area contributed by atoms with Crippen LogP contribution in [0.4, 0.5) is 5.95 Å². The average molecular weight is 278 g/mol. The van der Waals surface area contributed by atoms with Crippen molar-refractivity contribution < 1.29 is 4.74 Å². The van der Waals surface area contributed by atoms with Gasteiger partial charge in [-0.05, 0) is 45.6 Å². The highest BCUT2D eigenvalue weighted by atomic mass is 16.5. The molecule has 0 bridgehead atoms. The molecule has 0 radical (unpaired) electrons. The van der Waals surface area contributed by atoms with Gasteiger partial charge >= 0.3 is 0 Å². The van der Waals surface area contributed by atoms with Crippen LogP contribution in [-0.2, 0) is 0 Å². The molecule has 1 aromatic rings. The van der Waals surface area contributed by atoms with Gasteiger partial charge < -0.3 is 15.4 Å². The van der Waals surface area contributed by atoms with E-state index in [9.17, 15) is 0 Å². The van der Waals surface area contributed by atoms with Gasteiger partial charge in [-0.15, -0.1) is 0 Å². The van der Waals surface area contributed by atoms with E-state index in [4.69, 9.17) is 10.5 Å². The van der Waals surface area contributed by atoms with Gasteiger partial charge in [0.15, 0.2) is 0 Å². The average Bonchev–Trinajstić information content (AvgIpc) is 2.37. The Bertz CT molecular complexity index is 449. The fraction of sp³-hybridized carbons (Fsp3) is 0.733. The summed E-state index contributed by atoms with van der Waals surface area (Å²) in [7, 11) is 0. The van der Waals surface area contributed by atoms with E-state index in [0.29, 0.717) is 17.7 Å². The lowest BCUT2D eigenvalue weighted by molar-refractivity contribution is 0.231. The van der Waals surface area contributed by atoms with E-state index in [1.54, 1.807) is 0 Å². The van der Waals surface area contributed by atoms with Gasteiger partial charge in [-0.2, -0.15) is 4.98 Å². The lowest BCUT2D eigenvalue weighted by Crippen LogP contribution is -2.43. The first-order chi connectivity index (χ1) is 9.49. The van der Waals surface area contributed by atoms with Gasteiger partial charge in [-0.3, -0.25) is 0 Å². The van der Waals surface area contributed by atoms with Crippen molar-refractivity contribution in [2.45, 2.75) is 40.2 Å². The molecule has 2 unspecified atom stereocenters. The van der Waals surface area contributed by atoms with Crippen LogP contribution < -0.4 is 15.4 Å². The van der Waals surface area contributed by atoms with E-state index in [-0.39, 0.29) is 6.10 Å². The number of nitrogens with two attached hydrogens (primary N) is 1. The number of aromatic nitrogens is 2. The highest BCUT2D eigenvalue weighted by molar-refractivity contribution is 5.35. The topological polar surface area (TPSA) is 64.3 Å². The molecule has 0 aromatic carbocycles. The van der Waals surface area contributed by atoms with E-state index in [0.717, 1.165) is 37.7 Å². The maximum Gasteiger partial charge on any atom is 0.228 e. The van der Waals surface area contributed by atoms with Gasteiger partial charge in [-0.1, -0.05) is 6.92 Å². The molecule has 1 aliphatic rings. The van der Waals surface area contributed by atoms with Gasteiger partial charge in [0, 0.05) is 24.8 Å². The van der Waals surface area contributed by atoms with Crippen LogP contribution in [-0.4, -0.2) is 35.7 Å². The summed E-state index contributed by atoms with van der Waals surface area (Å²) >= 11 is 0. The third kappa shape index (κ3) is 3.60. The Balaban J connectivity index is 2.17. The smallest absolute Gasteiger partial charge is 0.228 e. The molecule has 1 aliphatic heterocycles. The lowest BCUT2D eigenvalue weighted by Gasteiger charge is -2.36. The van der Waals surface area contributed by atoms with Crippen LogP contribution in [0.25, 0.3) is 0 Å². The predicted molar refractivity (Wildman–Crippen MR) is 81.1 cm³/mol. The molecule has 0 saturated carbocycles. The van der Waals surface area contributed by atoms with Gasteiger partial charge in [-0.25, -0.2) is 4.98 Å². The van der Waals surface area contributed by atoms with Crippen LogP contribution in [0, 0.1) is 18.8 Å². The summed E-state index contributed by atoms with van der Waals surface area (Å²) < 4.78 is 5.70. The number of hydrogen-bond donors (Lipinski definition) is 1. The fourth-order valence-electron chi connectivity index (χ4n) is 2.61. The molecular weight excluding hydrogens is 252 g/mol. The number of ether oxygens (including phenoxy) is 1. The zero-order chi connectivity index (χ0) is 14.7. The van der Waals surface area contributed by atoms with Crippen molar-refractivity contribution in [3.63, 3.8) is 0 Å². The van der Waals surface area contributed by atoms with Crippen LogP contribution in [0.5, 0.6) is 5.88 Å². The quantitative estimate of drug-likeness (QED) is 0.912. The summed E-state index contributed by atoms with van der Waals surface area (Å²) in [6.45, 7) is 10.9. The van der Waals surface area contributed by atoms with Crippen molar-refractivity contribution in [3.05, 3.63) is 11.8 Å². The third-order valence-corrected chi connectivity index (χ3v) is 3.87. The molecule has 1 aromatic heterocycles. The second-order valence-corrected chi connectivity index (χ2v) is 6.02. The summed E-state index contributed by atoms with van der Waals surface area (Å²) in [4.78, 5) is 11.3. The standard InChI is InChI=1S/C15H26N4O/c1-10(2)20-14-7-12(4)17-15(18-14)19-6-5-11(3)13(8-16)9-19/h7,10-11,13H,5-6,8-9,16H2,1-4H3. The first-order valence-electron chi connectivity index (χ1n) is 7.47. The van der Waals surface area contributed by atoms with Gasteiger partial charge in [0.25, 0.3) is 0 Å². The van der Waals surface area contributed by atoms with Crippen molar-refractivity contribution >= 4 is 5.95 Å². The minimum Gasteiger partial charge on any atom is -0.475 e. The minimum atomic E-state index is 0.121. The summed E-state index contributed by atoms with van der Waals surface area (Å²) in [5.41, 5.74) is 6.81. The van der Waals surface area contributed by atoms with Gasteiger partial charge in [0.1, 0.15) is 0 Å². The van der Waals surface area contributed by atoms with E-state index < -0.39 is 0 Å². The Morgan fingerprint density at radius 2 is 2.20 bits per heavy atom. The number of piperidine rings is 1. The summed E-state index contributed by atoms with van der Waals surface area (Å²) in [6.07, 6.45) is 1.26.